The number of hydrogen-bond acceptors (Lipinski definition) is 2. The number of aryl methyl sites for hydroxylation is 1. The molecule has 2 atom stereocenters. The van der Waals surface area contributed by atoms with Gasteiger partial charge in [-0.15, -0.1) is 0 Å². The second-order valence-corrected chi connectivity index (χ2v) is 7.61. The van der Waals surface area contributed by atoms with Crippen LogP contribution in [0.4, 0.5) is 0 Å². The molecule has 4 heteroatoms. The van der Waals surface area contributed by atoms with Crippen LogP contribution in [0.1, 0.15) is 36.3 Å². The highest BCUT2D eigenvalue weighted by molar-refractivity contribution is 5.81. The van der Waals surface area contributed by atoms with Crippen molar-refractivity contribution < 1.29 is 4.74 Å². The topological polar surface area (TPSA) is 36.9 Å². The fourth-order valence-electron chi connectivity index (χ4n) is 4.04. The summed E-state index contributed by atoms with van der Waals surface area (Å²) >= 11 is 0. The second-order valence-electron chi connectivity index (χ2n) is 7.61. The van der Waals surface area contributed by atoms with E-state index in [1.165, 1.54) is 17.5 Å². The highest BCUT2D eigenvalue weighted by Crippen LogP contribution is 2.42. The van der Waals surface area contributed by atoms with Crippen LogP contribution >= 0.6 is 0 Å². The van der Waals surface area contributed by atoms with Crippen molar-refractivity contribution in [1.82, 2.24) is 10.2 Å². The Morgan fingerprint density at radius 3 is 2.44 bits per heavy atom. The van der Waals surface area contributed by atoms with Gasteiger partial charge in [-0.05, 0) is 36.6 Å². The van der Waals surface area contributed by atoms with Crippen LogP contribution in [0.25, 0.3) is 0 Å². The van der Waals surface area contributed by atoms with E-state index >= 15 is 0 Å². The van der Waals surface area contributed by atoms with Gasteiger partial charge in [0.25, 0.3) is 0 Å². The number of ether oxygens (including phenoxy) is 1. The molecule has 2 aromatic rings. The smallest absolute Gasteiger partial charge is 0.193 e. The number of aliphatic imine (C=N–C) groups is 1. The Kier molecular flexibility index (Phi) is 5.33. The van der Waals surface area contributed by atoms with Crippen LogP contribution in [0.3, 0.4) is 0 Å². The molecule has 0 radical (unpaired) electrons. The molecule has 1 heterocycles. The standard InChI is InChI=1S/C23H29N3O/c1-17-8-6-7-11-20(17)21-16-22(21)25-23(24-2)26-14-12-19(13-15-26)27-18-9-4-3-5-10-18/h3-11,19,21-22H,12-16H2,1-2H3,(H,24,25). The molecule has 4 nitrogen and oxygen atoms in total. The largest absolute Gasteiger partial charge is 0.490 e. The lowest BCUT2D eigenvalue weighted by atomic mass is 10.0. The van der Waals surface area contributed by atoms with Gasteiger partial charge in [0.2, 0.25) is 0 Å². The lowest BCUT2D eigenvalue weighted by molar-refractivity contribution is 0.129. The van der Waals surface area contributed by atoms with Crippen LogP contribution in [0.15, 0.2) is 59.6 Å². The van der Waals surface area contributed by atoms with Gasteiger partial charge >= 0.3 is 0 Å². The normalized spacial score (nSPS) is 23.2. The molecule has 1 saturated heterocycles. The van der Waals surface area contributed by atoms with Gasteiger partial charge in [-0.3, -0.25) is 4.99 Å². The predicted octanol–water partition coefficient (Wildman–Crippen LogP) is 3.97. The summed E-state index contributed by atoms with van der Waals surface area (Å²) in [5, 5.41) is 3.69. The maximum absolute atomic E-state index is 6.11. The average Bonchev–Trinajstić information content (AvgIpc) is 3.47. The van der Waals surface area contributed by atoms with Crippen LogP contribution in [0.2, 0.25) is 0 Å². The highest BCUT2D eigenvalue weighted by atomic mass is 16.5. The van der Waals surface area contributed by atoms with Crippen LogP contribution < -0.4 is 10.1 Å². The number of hydrogen-bond donors (Lipinski definition) is 1. The minimum absolute atomic E-state index is 0.294. The number of para-hydroxylation sites is 1. The first-order chi connectivity index (χ1) is 13.2. The Hall–Kier alpha value is -2.49. The molecule has 0 spiro atoms. The fraction of sp³-hybridized carbons (Fsp3) is 0.435. The van der Waals surface area contributed by atoms with Crippen molar-refractivity contribution in [2.75, 3.05) is 20.1 Å². The summed E-state index contributed by atoms with van der Waals surface area (Å²) in [4.78, 5) is 6.92. The van der Waals surface area contributed by atoms with E-state index in [1.54, 1.807) is 0 Å². The van der Waals surface area contributed by atoms with Gasteiger partial charge in [-0.1, -0.05) is 42.5 Å². The third kappa shape index (κ3) is 4.26. The molecule has 1 N–H and O–H groups in total. The number of piperidine rings is 1. The summed E-state index contributed by atoms with van der Waals surface area (Å²) < 4.78 is 6.11. The number of nitrogens with one attached hydrogen (secondary N) is 1. The van der Waals surface area contributed by atoms with E-state index < -0.39 is 0 Å². The molecule has 2 aromatic carbocycles. The monoisotopic (exact) mass is 363 g/mol. The summed E-state index contributed by atoms with van der Waals surface area (Å²) in [7, 11) is 1.89. The first kappa shape index (κ1) is 17.9. The summed E-state index contributed by atoms with van der Waals surface area (Å²) in [6.07, 6.45) is 3.54. The van der Waals surface area contributed by atoms with Crippen molar-refractivity contribution in [2.24, 2.45) is 4.99 Å². The fourth-order valence-corrected chi connectivity index (χ4v) is 4.04. The maximum Gasteiger partial charge on any atom is 0.193 e. The highest BCUT2D eigenvalue weighted by Gasteiger charge is 2.40. The summed E-state index contributed by atoms with van der Waals surface area (Å²) in [5.74, 6) is 2.62. The minimum atomic E-state index is 0.294. The first-order valence-electron chi connectivity index (χ1n) is 10.00. The zero-order valence-corrected chi connectivity index (χ0v) is 16.3. The van der Waals surface area contributed by atoms with E-state index in [0.717, 1.165) is 37.6 Å². The van der Waals surface area contributed by atoms with Crippen molar-refractivity contribution in [2.45, 2.75) is 44.2 Å². The number of rotatable bonds is 4. The molecule has 0 amide bonds. The number of likely N-dealkylation sites (tertiary alicyclic amines) is 1. The summed E-state index contributed by atoms with van der Waals surface area (Å²) in [6.45, 7) is 4.18. The molecule has 0 aromatic heterocycles. The van der Waals surface area contributed by atoms with Crippen molar-refractivity contribution in [3.8, 4) is 5.75 Å². The quantitative estimate of drug-likeness (QED) is 0.660. The van der Waals surface area contributed by atoms with Crippen LogP contribution in [-0.2, 0) is 0 Å². The van der Waals surface area contributed by atoms with Crippen LogP contribution in [-0.4, -0.2) is 43.1 Å². The van der Waals surface area contributed by atoms with Crippen molar-refractivity contribution in [3.63, 3.8) is 0 Å². The van der Waals surface area contributed by atoms with Crippen LogP contribution in [0.5, 0.6) is 5.75 Å². The summed E-state index contributed by atoms with van der Waals surface area (Å²) in [6, 6.07) is 19.4. The van der Waals surface area contributed by atoms with Gasteiger partial charge < -0.3 is 15.0 Å². The molecular formula is C23H29N3O. The molecule has 2 aliphatic rings. The Morgan fingerprint density at radius 1 is 1.04 bits per heavy atom. The van der Waals surface area contributed by atoms with E-state index in [9.17, 15) is 0 Å². The zero-order chi connectivity index (χ0) is 18.6. The third-order valence-corrected chi connectivity index (χ3v) is 5.69. The van der Waals surface area contributed by atoms with Crippen molar-refractivity contribution >= 4 is 5.96 Å². The predicted molar refractivity (Wildman–Crippen MR) is 110 cm³/mol. The number of benzene rings is 2. The van der Waals surface area contributed by atoms with E-state index in [1.807, 2.05) is 37.4 Å². The lowest BCUT2D eigenvalue weighted by Crippen LogP contribution is -2.48. The Labute approximate surface area is 162 Å². The van der Waals surface area contributed by atoms with Gasteiger partial charge in [0, 0.05) is 44.9 Å². The van der Waals surface area contributed by atoms with Gasteiger partial charge in [-0.2, -0.15) is 0 Å². The molecule has 27 heavy (non-hydrogen) atoms. The van der Waals surface area contributed by atoms with Crippen molar-refractivity contribution in [1.29, 1.82) is 0 Å². The Morgan fingerprint density at radius 2 is 1.74 bits per heavy atom. The van der Waals surface area contributed by atoms with E-state index in [4.69, 9.17) is 4.74 Å². The number of nitrogens with zero attached hydrogens (tertiary/aromatic N) is 2. The average molecular weight is 364 g/mol. The molecule has 2 unspecified atom stereocenters. The molecule has 142 valence electrons. The third-order valence-electron chi connectivity index (χ3n) is 5.69. The van der Waals surface area contributed by atoms with E-state index in [0.29, 0.717) is 18.1 Å². The first-order valence-corrected chi connectivity index (χ1v) is 10.00. The van der Waals surface area contributed by atoms with Gasteiger partial charge in [0.05, 0.1) is 0 Å². The maximum atomic E-state index is 6.11. The lowest BCUT2D eigenvalue weighted by Gasteiger charge is -2.34. The SMILES string of the molecule is CN=C(NC1CC1c1ccccc1C)N1CCC(Oc2ccccc2)CC1. The van der Waals surface area contributed by atoms with Gasteiger partial charge in [-0.25, -0.2) is 0 Å². The molecule has 1 saturated carbocycles. The Balaban J connectivity index is 1.28. The van der Waals surface area contributed by atoms with Crippen molar-refractivity contribution in [3.05, 3.63) is 65.7 Å². The second kappa shape index (κ2) is 8.03. The molecular weight excluding hydrogens is 334 g/mol. The van der Waals surface area contributed by atoms with E-state index in [2.05, 4.69) is 46.4 Å². The molecule has 2 fully saturated rings. The van der Waals surface area contributed by atoms with Gasteiger partial charge in [0.15, 0.2) is 5.96 Å². The van der Waals surface area contributed by atoms with Crippen LogP contribution in [0, 0.1) is 6.92 Å². The molecule has 4 rings (SSSR count). The van der Waals surface area contributed by atoms with Gasteiger partial charge in [0.1, 0.15) is 11.9 Å². The number of guanidine groups is 1. The summed E-state index contributed by atoms with van der Waals surface area (Å²) in [5.41, 5.74) is 2.86. The minimum Gasteiger partial charge on any atom is -0.490 e. The molecule has 0 bridgehead atoms. The Bertz CT molecular complexity index is 781. The molecule has 1 aliphatic carbocycles. The van der Waals surface area contributed by atoms with E-state index in [-0.39, 0.29) is 0 Å². The molecule has 1 aliphatic heterocycles. The zero-order valence-electron chi connectivity index (χ0n) is 16.3.